The fourth-order valence-electron chi connectivity index (χ4n) is 1.75. The lowest BCUT2D eigenvalue weighted by atomic mass is 10.1. The molecule has 0 aliphatic heterocycles. The van der Waals surface area contributed by atoms with Crippen LogP contribution in [0, 0.1) is 5.82 Å². The predicted molar refractivity (Wildman–Crippen MR) is 78.4 cm³/mol. The Kier molecular flexibility index (Phi) is 4.01. The van der Waals surface area contributed by atoms with E-state index in [1.807, 2.05) is 0 Å². The van der Waals surface area contributed by atoms with E-state index in [4.69, 9.17) is 8.83 Å². The van der Waals surface area contributed by atoms with Gasteiger partial charge in [0.2, 0.25) is 5.91 Å². The number of amides is 1. The van der Waals surface area contributed by atoms with Crippen LogP contribution in [0.1, 0.15) is 5.56 Å². The number of rotatable bonds is 4. The van der Waals surface area contributed by atoms with Gasteiger partial charge >= 0.3 is 6.01 Å². The highest BCUT2D eigenvalue weighted by Gasteiger charge is 2.14. The maximum Gasteiger partial charge on any atom is 0.322 e. The molecule has 0 bridgehead atoms. The van der Waals surface area contributed by atoms with Gasteiger partial charge in [-0.05, 0) is 45.8 Å². The van der Waals surface area contributed by atoms with Crippen molar-refractivity contribution in [3.8, 4) is 11.7 Å². The topological polar surface area (TPSA) is 81.2 Å². The molecule has 2 aromatic heterocycles. The minimum Gasteiger partial charge on any atom is -0.444 e. The third-order valence-corrected chi connectivity index (χ3v) is 3.16. The molecule has 3 aromatic rings. The Bertz CT molecular complexity index is 798. The van der Waals surface area contributed by atoms with E-state index in [-0.39, 0.29) is 30.1 Å². The molecule has 0 fully saturated rings. The number of carbonyl (C=O) groups excluding carboxylic acids is 1. The molecule has 0 unspecified atom stereocenters. The summed E-state index contributed by atoms with van der Waals surface area (Å²) in [5.74, 6) is -0.154. The van der Waals surface area contributed by atoms with Crippen LogP contribution in [0.25, 0.3) is 11.7 Å². The highest BCUT2D eigenvalue weighted by atomic mass is 79.9. The van der Waals surface area contributed by atoms with Gasteiger partial charge in [-0.2, -0.15) is 0 Å². The predicted octanol–water partition coefficient (Wildman–Crippen LogP) is 3.41. The quantitative estimate of drug-likeness (QED) is 0.765. The number of furan rings is 1. The van der Waals surface area contributed by atoms with E-state index in [1.165, 1.54) is 24.3 Å². The van der Waals surface area contributed by atoms with Gasteiger partial charge in [-0.1, -0.05) is 17.2 Å². The van der Waals surface area contributed by atoms with E-state index < -0.39 is 0 Å². The monoisotopic (exact) mass is 365 g/mol. The SMILES string of the molecule is O=C(Cc1ccc(F)cc1)Nc1nnc(-c2ccc(Br)o2)o1. The molecule has 0 radical (unpaired) electrons. The molecule has 0 aliphatic carbocycles. The molecule has 0 aliphatic rings. The molecule has 0 saturated heterocycles. The number of benzene rings is 1. The van der Waals surface area contributed by atoms with Crippen LogP contribution in [0.2, 0.25) is 0 Å². The van der Waals surface area contributed by atoms with Gasteiger partial charge in [0.15, 0.2) is 10.4 Å². The second-order valence-corrected chi connectivity index (χ2v) is 5.15. The summed E-state index contributed by atoms with van der Waals surface area (Å²) >= 11 is 3.17. The Balaban J connectivity index is 1.64. The van der Waals surface area contributed by atoms with E-state index >= 15 is 0 Å². The van der Waals surface area contributed by atoms with Gasteiger partial charge in [0, 0.05) is 0 Å². The first kappa shape index (κ1) is 14.5. The maximum atomic E-state index is 12.8. The lowest BCUT2D eigenvalue weighted by Crippen LogP contribution is -2.14. The zero-order chi connectivity index (χ0) is 15.5. The number of nitrogens with one attached hydrogen (secondary N) is 1. The number of nitrogens with zero attached hydrogens (tertiary/aromatic N) is 2. The zero-order valence-corrected chi connectivity index (χ0v) is 12.6. The smallest absolute Gasteiger partial charge is 0.322 e. The van der Waals surface area contributed by atoms with Crippen molar-refractivity contribution in [3.63, 3.8) is 0 Å². The lowest BCUT2D eigenvalue weighted by Gasteiger charge is -2.00. The van der Waals surface area contributed by atoms with Crippen LogP contribution in [-0.4, -0.2) is 16.1 Å². The summed E-state index contributed by atoms with van der Waals surface area (Å²) in [4.78, 5) is 11.9. The van der Waals surface area contributed by atoms with Crippen molar-refractivity contribution in [2.75, 3.05) is 5.32 Å². The molecule has 1 aromatic carbocycles. The van der Waals surface area contributed by atoms with Crippen LogP contribution in [0.4, 0.5) is 10.4 Å². The third-order valence-electron chi connectivity index (χ3n) is 2.73. The second-order valence-electron chi connectivity index (χ2n) is 4.37. The normalized spacial score (nSPS) is 10.6. The first-order chi connectivity index (χ1) is 10.6. The summed E-state index contributed by atoms with van der Waals surface area (Å²) in [5.41, 5.74) is 0.675. The van der Waals surface area contributed by atoms with Crippen LogP contribution in [-0.2, 0) is 11.2 Å². The lowest BCUT2D eigenvalue weighted by molar-refractivity contribution is -0.115. The van der Waals surface area contributed by atoms with Gasteiger partial charge in [0.25, 0.3) is 5.89 Å². The van der Waals surface area contributed by atoms with Crippen molar-refractivity contribution in [2.24, 2.45) is 0 Å². The third kappa shape index (κ3) is 3.40. The molecule has 0 atom stereocenters. The van der Waals surface area contributed by atoms with Crippen LogP contribution in [0.15, 0.2) is 49.9 Å². The summed E-state index contributed by atoms with van der Waals surface area (Å²) in [7, 11) is 0. The molecular weight excluding hydrogens is 357 g/mol. The van der Waals surface area contributed by atoms with Gasteiger partial charge in [-0.25, -0.2) is 4.39 Å². The summed E-state index contributed by atoms with van der Waals surface area (Å²) < 4.78 is 23.9. The summed E-state index contributed by atoms with van der Waals surface area (Å²) in [6, 6.07) is 8.97. The van der Waals surface area contributed by atoms with E-state index in [0.717, 1.165) is 0 Å². The van der Waals surface area contributed by atoms with E-state index in [0.29, 0.717) is 16.0 Å². The largest absolute Gasteiger partial charge is 0.444 e. The second kappa shape index (κ2) is 6.10. The van der Waals surface area contributed by atoms with Gasteiger partial charge in [0.05, 0.1) is 6.42 Å². The first-order valence-electron chi connectivity index (χ1n) is 6.23. The minimum atomic E-state index is -0.352. The molecule has 1 amide bonds. The zero-order valence-electron chi connectivity index (χ0n) is 11.0. The molecule has 2 heterocycles. The molecule has 3 rings (SSSR count). The average Bonchev–Trinajstić information content (AvgIpc) is 3.10. The Morgan fingerprint density at radius 1 is 1.14 bits per heavy atom. The summed E-state index contributed by atoms with van der Waals surface area (Å²) in [6.07, 6.45) is 0.0737. The van der Waals surface area contributed by atoms with Crippen LogP contribution in [0.3, 0.4) is 0 Å². The van der Waals surface area contributed by atoms with E-state index in [9.17, 15) is 9.18 Å². The van der Waals surface area contributed by atoms with Crippen molar-refractivity contribution in [3.05, 3.63) is 52.4 Å². The standard InChI is InChI=1S/C14H9BrFN3O3/c15-11-6-5-10(21-11)13-18-19-14(22-13)17-12(20)7-8-1-3-9(16)4-2-8/h1-6H,7H2,(H,17,19,20). The van der Waals surface area contributed by atoms with Gasteiger partial charge in [-0.3, -0.25) is 10.1 Å². The van der Waals surface area contributed by atoms with Crippen LogP contribution >= 0.6 is 15.9 Å². The summed E-state index contributed by atoms with van der Waals surface area (Å²) in [5, 5.41) is 9.97. The molecule has 8 heteroatoms. The maximum absolute atomic E-state index is 12.8. The molecule has 22 heavy (non-hydrogen) atoms. The Morgan fingerprint density at radius 2 is 1.91 bits per heavy atom. The van der Waals surface area contributed by atoms with Gasteiger partial charge in [0.1, 0.15) is 5.82 Å². The highest BCUT2D eigenvalue weighted by Crippen LogP contribution is 2.24. The number of halogens is 2. The molecule has 0 spiro atoms. The average molecular weight is 366 g/mol. The number of hydrogen-bond acceptors (Lipinski definition) is 5. The number of aromatic nitrogens is 2. The molecule has 112 valence electrons. The fraction of sp³-hybridized carbons (Fsp3) is 0.0714. The minimum absolute atomic E-state index is 0.0327. The van der Waals surface area contributed by atoms with Crippen molar-refractivity contribution >= 4 is 27.9 Å². The Morgan fingerprint density at radius 3 is 2.59 bits per heavy atom. The molecule has 6 nitrogen and oxygen atoms in total. The van der Waals surface area contributed by atoms with Gasteiger partial charge < -0.3 is 8.83 Å². The highest BCUT2D eigenvalue weighted by molar-refractivity contribution is 9.10. The first-order valence-corrected chi connectivity index (χ1v) is 7.03. The summed E-state index contributed by atoms with van der Waals surface area (Å²) in [6.45, 7) is 0. The Labute approximate surface area is 132 Å². The van der Waals surface area contributed by atoms with Crippen molar-refractivity contribution in [1.82, 2.24) is 10.2 Å². The Hall–Kier alpha value is -2.48. The number of carbonyl (C=O) groups is 1. The van der Waals surface area contributed by atoms with Crippen molar-refractivity contribution < 1.29 is 18.0 Å². The van der Waals surface area contributed by atoms with E-state index in [1.54, 1.807) is 12.1 Å². The van der Waals surface area contributed by atoms with Crippen molar-refractivity contribution in [2.45, 2.75) is 6.42 Å². The molecular formula is C14H9BrFN3O3. The number of anilines is 1. The molecule has 0 saturated carbocycles. The van der Waals surface area contributed by atoms with Crippen molar-refractivity contribution in [1.29, 1.82) is 0 Å². The van der Waals surface area contributed by atoms with Crippen LogP contribution in [0.5, 0.6) is 0 Å². The van der Waals surface area contributed by atoms with Gasteiger partial charge in [-0.15, -0.1) is 5.10 Å². The number of hydrogen-bond donors (Lipinski definition) is 1. The fourth-order valence-corrected chi connectivity index (χ4v) is 2.06. The van der Waals surface area contributed by atoms with E-state index in [2.05, 4.69) is 31.4 Å². The molecule has 1 N–H and O–H groups in total. The van der Waals surface area contributed by atoms with Crippen LogP contribution < -0.4 is 5.32 Å².